The van der Waals surface area contributed by atoms with Crippen molar-refractivity contribution in [3.8, 4) is 0 Å². The molecule has 1 nitrogen and oxygen atoms in total. The van der Waals surface area contributed by atoms with Gasteiger partial charge in [0.05, 0.1) is 0 Å². The van der Waals surface area contributed by atoms with Crippen molar-refractivity contribution in [1.29, 1.82) is 0 Å². The van der Waals surface area contributed by atoms with Crippen LogP contribution in [0, 0.1) is 6.92 Å². The van der Waals surface area contributed by atoms with Crippen molar-refractivity contribution in [1.82, 2.24) is 6.15 Å². The molecule has 2 heteroatoms. The molecule has 0 atom stereocenters. The van der Waals surface area contributed by atoms with Gasteiger partial charge in [0.25, 0.3) is 0 Å². The molecule has 0 aliphatic heterocycles. The molecule has 0 fully saturated rings. The Morgan fingerprint density at radius 1 is 1.18 bits per heavy atom. The summed E-state index contributed by atoms with van der Waals surface area (Å²) in [6.07, 6.45) is 1.81. The quantitative estimate of drug-likeness (QED) is 0.691. The first-order chi connectivity index (χ1) is 4.34. The molecule has 0 saturated heterocycles. The van der Waals surface area contributed by atoms with Gasteiger partial charge in [0.15, 0.2) is 0 Å². The lowest BCUT2D eigenvalue weighted by Gasteiger charge is -1.94. The largest absolute Gasteiger partial charge is 0.344 e. The fourth-order valence-corrected chi connectivity index (χ4v) is 0.733. The Balaban J connectivity index is 0. The van der Waals surface area contributed by atoms with Gasteiger partial charge in [0.2, 0.25) is 0 Å². The highest BCUT2D eigenvalue weighted by atomic mass is 35.5. The normalized spacial score (nSPS) is 7.36. The Morgan fingerprint density at radius 2 is 1.73 bits per heavy atom. The van der Waals surface area contributed by atoms with Crippen molar-refractivity contribution < 1.29 is 0 Å². The summed E-state index contributed by atoms with van der Waals surface area (Å²) in [7, 11) is 0. The third-order valence-corrected chi connectivity index (χ3v) is 1.28. The highest BCUT2D eigenvalue weighted by Crippen LogP contribution is 2.06. The first-order valence-corrected chi connectivity index (χ1v) is 2.88. The Labute approximate surface area is 74.1 Å². The van der Waals surface area contributed by atoms with E-state index in [-0.39, 0.29) is 18.6 Å². The lowest BCUT2D eigenvalue weighted by molar-refractivity contribution is 1.57. The number of halogens is 1. The van der Waals surface area contributed by atoms with Crippen LogP contribution in [0.4, 0.5) is 0 Å². The number of hydrogen-bond donors (Lipinski definition) is 1. The average molecular weight is 171 g/mol. The van der Waals surface area contributed by atoms with E-state index in [1.165, 1.54) is 0 Å². The van der Waals surface area contributed by atoms with Crippen LogP contribution in [0.25, 0.3) is 6.08 Å². The second-order valence-corrected chi connectivity index (χ2v) is 1.90. The zero-order chi connectivity index (χ0) is 6.69. The maximum atomic E-state index is 3.82. The zero-order valence-electron chi connectivity index (χ0n) is 6.42. The SMILES string of the molecule is Cl.N.[CH2]c1ccccc1C=C. The Morgan fingerprint density at radius 3 is 2.09 bits per heavy atom. The van der Waals surface area contributed by atoms with Gasteiger partial charge in [-0.15, -0.1) is 12.4 Å². The van der Waals surface area contributed by atoms with Crippen molar-refractivity contribution in [2.24, 2.45) is 0 Å². The molecule has 0 amide bonds. The van der Waals surface area contributed by atoms with Crippen LogP contribution >= 0.6 is 12.4 Å². The van der Waals surface area contributed by atoms with Gasteiger partial charge in [-0.1, -0.05) is 36.9 Å². The van der Waals surface area contributed by atoms with Gasteiger partial charge in [-0.3, -0.25) is 0 Å². The molecule has 0 aliphatic rings. The molecule has 11 heavy (non-hydrogen) atoms. The zero-order valence-corrected chi connectivity index (χ0v) is 7.23. The van der Waals surface area contributed by atoms with Gasteiger partial charge in [-0.25, -0.2) is 0 Å². The van der Waals surface area contributed by atoms with Gasteiger partial charge >= 0.3 is 0 Å². The van der Waals surface area contributed by atoms with E-state index in [1.54, 1.807) is 0 Å². The van der Waals surface area contributed by atoms with Gasteiger partial charge in [0.1, 0.15) is 0 Å². The molecule has 61 valence electrons. The van der Waals surface area contributed by atoms with Gasteiger partial charge in [0, 0.05) is 0 Å². The van der Waals surface area contributed by atoms with E-state index >= 15 is 0 Å². The molecule has 3 N–H and O–H groups in total. The predicted molar refractivity (Wildman–Crippen MR) is 53.3 cm³/mol. The molecule has 1 aromatic carbocycles. The first-order valence-electron chi connectivity index (χ1n) is 2.88. The summed E-state index contributed by atoms with van der Waals surface area (Å²) in [5.74, 6) is 0. The van der Waals surface area contributed by atoms with E-state index in [9.17, 15) is 0 Å². The van der Waals surface area contributed by atoms with E-state index in [4.69, 9.17) is 0 Å². The summed E-state index contributed by atoms with van der Waals surface area (Å²) in [6.45, 7) is 7.47. The van der Waals surface area contributed by atoms with E-state index in [2.05, 4.69) is 13.5 Å². The van der Waals surface area contributed by atoms with Crippen LogP contribution in [-0.2, 0) is 0 Å². The fraction of sp³-hybridized carbons (Fsp3) is 0. The monoisotopic (exact) mass is 170 g/mol. The van der Waals surface area contributed by atoms with Crippen LogP contribution in [0.5, 0.6) is 0 Å². The molecule has 1 rings (SSSR count). The molecule has 0 aromatic heterocycles. The van der Waals surface area contributed by atoms with Crippen molar-refractivity contribution in [2.45, 2.75) is 0 Å². The lowest BCUT2D eigenvalue weighted by atomic mass is 10.1. The summed E-state index contributed by atoms with van der Waals surface area (Å²) in [4.78, 5) is 0. The first kappa shape index (κ1) is 12.8. The van der Waals surface area contributed by atoms with Crippen molar-refractivity contribution >= 4 is 18.5 Å². The van der Waals surface area contributed by atoms with Gasteiger partial charge < -0.3 is 6.15 Å². The summed E-state index contributed by atoms with van der Waals surface area (Å²) >= 11 is 0. The maximum Gasteiger partial charge on any atom is -0.0230 e. The molecule has 1 radical (unpaired) electrons. The van der Waals surface area contributed by atoms with Crippen LogP contribution in [0.3, 0.4) is 0 Å². The predicted octanol–water partition coefficient (Wildman–Crippen LogP) is 3.10. The molecule has 0 heterocycles. The Kier molecular flexibility index (Phi) is 6.96. The van der Waals surface area contributed by atoms with Crippen molar-refractivity contribution in [3.63, 3.8) is 0 Å². The maximum absolute atomic E-state index is 3.82. The van der Waals surface area contributed by atoms with E-state index in [0.717, 1.165) is 11.1 Å². The topological polar surface area (TPSA) is 35.0 Å². The number of rotatable bonds is 1. The third-order valence-electron chi connectivity index (χ3n) is 1.28. The molecular weight excluding hydrogens is 158 g/mol. The lowest BCUT2D eigenvalue weighted by Crippen LogP contribution is -1.75. The highest BCUT2D eigenvalue weighted by Gasteiger charge is 1.86. The molecule has 0 bridgehead atoms. The standard InChI is InChI=1S/C9H9.ClH.H3N/c1-3-9-7-5-4-6-8(9)2;;/h3-7H,1-2H2;1H;1H3. The second kappa shape index (κ2) is 5.96. The highest BCUT2D eigenvalue weighted by molar-refractivity contribution is 5.85. The van der Waals surface area contributed by atoms with Crippen LogP contribution in [-0.4, -0.2) is 0 Å². The minimum atomic E-state index is 0. The molecule has 0 saturated carbocycles. The van der Waals surface area contributed by atoms with E-state index < -0.39 is 0 Å². The van der Waals surface area contributed by atoms with Crippen LogP contribution in [0.2, 0.25) is 0 Å². The van der Waals surface area contributed by atoms with Crippen molar-refractivity contribution in [2.75, 3.05) is 0 Å². The van der Waals surface area contributed by atoms with Crippen LogP contribution in [0.1, 0.15) is 11.1 Å². The molecule has 0 unspecified atom stereocenters. The summed E-state index contributed by atoms with van der Waals surface area (Å²) in [5.41, 5.74) is 2.14. The molecular formula is C9H13ClN. The summed E-state index contributed by atoms with van der Waals surface area (Å²) < 4.78 is 0. The van der Waals surface area contributed by atoms with Crippen LogP contribution in [0.15, 0.2) is 30.8 Å². The second-order valence-electron chi connectivity index (χ2n) is 1.90. The summed E-state index contributed by atoms with van der Waals surface area (Å²) in [6, 6.07) is 7.91. The molecule has 0 spiro atoms. The average Bonchev–Trinajstić information content (AvgIpc) is 1.89. The third kappa shape index (κ3) is 3.21. The minimum Gasteiger partial charge on any atom is -0.344 e. The van der Waals surface area contributed by atoms with Gasteiger partial charge in [-0.2, -0.15) is 0 Å². The van der Waals surface area contributed by atoms with E-state index in [1.807, 2.05) is 30.3 Å². The minimum absolute atomic E-state index is 0. The number of hydrogen-bond acceptors (Lipinski definition) is 1. The van der Waals surface area contributed by atoms with Crippen LogP contribution < -0.4 is 6.15 Å². The van der Waals surface area contributed by atoms with E-state index in [0.29, 0.717) is 0 Å². The van der Waals surface area contributed by atoms with Gasteiger partial charge in [-0.05, 0) is 18.1 Å². The van der Waals surface area contributed by atoms with Crippen molar-refractivity contribution in [3.05, 3.63) is 48.9 Å². The molecule has 0 aliphatic carbocycles. The number of benzene rings is 1. The Bertz CT molecular complexity index is 221. The Hall–Kier alpha value is -0.790. The molecule has 1 aromatic rings. The fourth-order valence-electron chi connectivity index (χ4n) is 0.733. The smallest absolute Gasteiger partial charge is 0.0230 e. The summed E-state index contributed by atoms with van der Waals surface area (Å²) in [5, 5.41) is 0.